The summed E-state index contributed by atoms with van der Waals surface area (Å²) in [6.07, 6.45) is 2.63. The maximum absolute atomic E-state index is 13.0. The molecule has 0 unspecified atom stereocenters. The summed E-state index contributed by atoms with van der Waals surface area (Å²) >= 11 is 1.51. The van der Waals surface area contributed by atoms with E-state index in [1.165, 1.54) is 11.3 Å². The normalized spacial score (nSPS) is 15.3. The second kappa shape index (κ2) is 6.84. The van der Waals surface area contributed by atoms with Gasteiger partial charge in [0.15, 0.2) is 0 Å². The number of carbonyl (C=O) groups excluding carboxylic acids is 1. The van der Waals surface area contributed by atoms with Gasteiger partial charge in [-0.05, 0) is 37.1 Å². The highest BCUT2D eigenvalue weighted by molar-refractivity contribution is 7.21. The highest BCUT2D eigenvalue weighted by Crippen LogP contribution is 2.31. The van der Waals surface area contributed by atoms with Crippen molar-refractivity contribution in [3.8, 4) is 10.7 Å². The molecule has 0 spiro atoms. The zero-order chi connectivity index (χ0) is 18.1. The molecule has 7 heteroatoms. The molecule has 1 saturated heterocycles. The minimum absolute atomic E-state index is 0.115. The van der Waals surface area contributed by atoms with Gasteiger partial charge < -0.3 is 10.0 Å². The van der Waals surface area contributed by atoms with E-state index in [-0.39, 0.29) is 11.8 Å². The average Bonchev–Trinajstić information content (AvgIpc) is 3.11. The van der Waals surface area contributed by atoms with Crippen LogP contribution in [-0.2, 0) is 4.79 Å². The molecule has 0 radical (unpaired) electrons. The second-order valence-corrected chi connectivity index (χ2v) is 7.32. The van der Waals surface area contributed by atoms with Gasteiger partial charge in [0, 0.05) is 19.3 Å². The Kier molecular flexibility index (Phi) is 4.38. The number of carboxylic acids is 1. The summed E-state index contributed by atoms with van der Waals surface area (Å²) < 4.78 is 1.05. The Morgan fingerprint density at radius 1 is 1.12 bits per heavy atom. The van der Waals surface area contributed by atoms with Gasteiger partial charge >= 0.3 is 5.97 Å². The lowest BCUT2D eigenvalue weighted by atomic mass is 9.96. The molecule has 6 nitrogen and oxygen atoms in total. The summed E-state index contributed by atoms with van der Waals surface area (Å²) in [5.74, 6) is -1.26. The molecule has 1 N–H and O–H groups in total. The van der Waals surface area contributed by atoms with E-state index in [4.69, 9.17) is 5.11 Å². The van der Waals surface area contributed by atoms with Gasteiger partial charge in [-0.25, -0.2) is 4.98 Å². The predicted molar refractivity (Wildman–Crippen MR) is 99.1 cm³/mol. The van der Waals surface area contributed by atoms with Crippen molar-refractivity contribution < 1.29 is 14.7 Å². The first-order chi connectivity index (χ1) is 12.6. The Labute approximate surface area is 154 Å². The van der Waals surface area contributed by atoms with Crippen LogP contribution in [0.25, 0.3) is 20.9 Å². The zero-order valence-electron chi connectivity index (χ0n) is 14.0. The van der Waals surface area contributed by atoms with Gasteiger partial charge in [0.1, 0.15) is 10.7 Å². The first-order valence-electron chi connectivity index (χ1n) is 8.46. The van der Waals surface area contributed by atoms with Crippen molar-refractivity contribution >= 4 is 33.4 Å². The van der Waals surface area contributed by atoms with E-state index >= 15 is 0 Å². The Morgan fingerprint density at radius 3 is 2.62 bits per heavy atom. The third-order valence-corrected chi connectivity index (χ3v) is 5.71. The van der Waals surface area contributed by atoms with Crippen LogP contribution in [0, 0.1) is 5.92 Å². The van der Waals surface area contributed by atoms with Crippen molar-refractivity contribution in [1.29, 1.82) is 0 Å². The van der Waals surface area contributed by atoms with Gasteiger partial charge in [-0.15, -0.1) is 11.3 Å². The number of carbonyl (C=O) groups is 2. The van der Waals surface area contributed by atoms with Gasteiger partial charge in [0.25, 0.3) is 5.91 Å². The van der Waals surface area contributed by atoms with Gasteiger partial charge in [-0.1, -0.05) is 12.1 Å². The maximum Gasteiger partial charge on any atom is 0.306 e. The van der Waals surface area contributed by atoms with Crippen LogP contribution in [0.15, 0.2) is 42.6 Å². The summed E-state index contributed by atoms with van der Waals surface area (Å²) in [5.41, 5.74) is 1.98. The topological polar surface area (TPSA) is 83.4 Å². The van der Waals surface area contributed by atoms with Crippen LogP contribution < -0.4 is 0 Å². The number of aromatic nitrogens is 2. The number of para-hydroxylation sites is 1. The highest BCUT2D eigenvalue weighted by atomic mass is 32.1. The third kappa shape index (κ3) is 3.06. The van der Waals surface area contributed by atoms with Crippen LogP contribution in [0.5, 0.6) is 0 Å². The van der Waals surface area contributed by atoms with Gasteiger partial charge in [0.05, 0.1) is 21.7 Å². The highest BCUT2D eigenvalue weighted by Gasteiger charge is 2.29. The quantitative estimate of drug-likeness (QED) is 0.768. The fourth-order valence-corrected chi connectivity index (χ4v) is 4.20. The van der Waals surface area contributed by atoms with Crippen molar-refractivity contribution in [3.63, 3.8) is 0 Å². The number of carboxylic acid groups (broad SMARTS) is 1. The van der Waals surface area contributed by atoms with E-state index in [9.17, 15) is 9.59 Å². The Hall–Kier alpha value is -2.80. The minimum atomic E-state index is -0.784. The minimum Gasteiger partial charge on any atom is -0.481 e. The number of aliphatic carboxylic acids is 1. The van der Waals surface area contributed by atoms with E-state index < -0.39 is 5.97 Å². The molecule has 1 aliphatic rings. The van der Waals surface area contributed by atoms with Crippen LogP contribution in [-0.4, -0.2) is 44.9 Å². The molecule has 1 fully saturated rings. The molecule has 0 aliphatic carbocycles. The third-order valence-electron chi connectivity index (χ3n) is 4.67. The number of likely N-dealkylation sites (tertiary alicyclic amines) is 1. The molecule has 0 atom stereocenters. The molecule has 4 rings (SSSR count). The van der Waals surface area contributed by atoms with Crippen molar-refractivity contribution in [1.82, 2.24) is 14.9 Å². The molecule has 3 heterocycles. The molecular weight excluding hydrogens is 350 g/mol. The molecule has 0 saturated carbocycles. The lowest BCUT2D eigenvalue weighted by molar-refractivity contribution is -0.143. The molecule has 1 aromatic carbocycles. The number of fused-ring (bicyclic) bond motifs is 1. The number of amides is 1. The Morgan fingerprint density at radius 2 is 1.88 bits per heavy atom. The number of nitrogens with zero attached hydrogens (tertiary/aromatic N) is 3. The second-order valence-electron chi connectivity index (χ2n) is 6.29. The molecule has 3 aromatic rings. The molecule has 132 valence electrons. The van der Waals surface area contributed by atoms with Crippen LogP contribution in [0.3, 0.4) is 0 Å². The van der Waals surface area contributed by atoms with Crippen molar-refractivity contribution in [3.05, 3.63) is 48.2 Å². The zero-order valence-corrected chi connectivity index (χ0v) is 14.8. The molecular formula is C19H17N3O3S. The summed E-state index contributed by atoms with van der Waals surface area (Å²) in [5, 5.41) is 9.84. The van der Waals surface area contributed by atoms with Gasteiger partial charge in [0.2, 0.25) is 0 Å². The van der Waals surface area contributed by atoms with E-state index in [2.05, 4.69) is 9.97 Å². The lowest BCUT2D eigenvalue weighted by Crippen LogP contribution is -2.40. The number of pyridine rings is 1. The lowest BCUT2D eigenvalue weighted by Gasteiger charge is -2.30. The first-order valence-corrected chi connectivity index (χ1v) is 9.28. The Balaban J connectivity index is 1.63. The molecule has 1 amide bonds. The van der Waals surface area contributed by atoms with Crippen molar-refractivity contribution in [2.45, 2.75) is 12.8 Å². The van der Waals surface area contributed by atoms with Gasteiger partial charge in [-0.2, -0.15) is 0 Å². The maximum atomic E-state index is 13.0. The summed E-state index contributed by atoms with van der Waals surface area (Å²) in [6, 6.07) is 11.3. The summed E-state index contributed by atoms with van der Waals surface area (Å²) in [6.45, 7) is 0.897. The van der Waals surface area contributed by atoms with E-state index in [0.29, 0.717) is 37.2 Å². The number of rotatable bonds is 3. The van der Waals surface area contributed by atoms with E-state index in [1.807, 2.05) is 24.3 Å². The van der Waals surface area contributed by atoms with E-state index in [0.717, 1.165) is 15.2 Å². The van der Waals surface area contributed by atoms with Crippen LogP contribution in [0.1, 0.15) is 23.2 Å². The van der Waals surface area contributed by atoms with Gasteiger partial charge in [-0.3, -0.25) is 14.6 Å². The molecule has 26 heavy (non-hydrogen) atoms. The smallest absolute Gasteiger partial charge is 0.306 e. The number of hydrogen-bond acceptors (Lipinski definition) is 5. The van der Waals surface area contributed by atoms with Crippen LogP contribution in [0.2, 0.25) is 0 Å². The summed E-state index contributed by atoms with van der Waals surface area (Å²) in [7, 11) is 0. The SMILES string of the molecule is O=C(O)C1CCN(C(=O)c2cccnc2-c2nc3ccccc3s2)CC1. The van der Waals surface area contributed by atoms with Crippen LogP contribution >= 0.6 is 11.3 Å². The van der Waals surface area contributed by atoms with E-state index in [1.54, 1.807) is 23.2 Å². The summed E-state index contributed by atoms with van der Waals surface area (Å²) in [4.78, 5) is 34.8. The predicted octanol–water partition coefficient (Wildman–Crippen LogP) is 3.30. The monoisotopic (exact) mass is 367 g/mol. The van der Waals surface area contributed by atoms with Crippen molar-refractivity contribution in [2.24, 2.45) is 5.92 Å². The Bertz CT molecular complexity index is 944. The standard InChI is InChI=1S/C19H17N3O3S/c23-18(22-10-7-12(8-11-22)19(24)25)13-4-3-9-20-16(13)17-21-14-5-1-2-6-15(14)26-17/h1-6,9,12H,7-8,10-11H2,(H,24,25). The number of piperidine rings is 1. The molecule has 0 bridgehead atoms. The van der Waals surface area contributed by atoms with Crippen LogP contribution in [0.4, 0.5) is 0 Å². The number of benzene rings is 1. The largest absolute Gasteiger partial charge is 0.481 e. The molecule has 1 aliphatic heterocycles. The molecule has 2 aromatic heterocycles. The average molecular weight is 367 g/mol. The first kappa shape index (κ1) is 16.7. The van der Waals surface area contributed by atoms with Crippen molar-refractivity contribution in [2.75, 3.05) is 13.1 Å². The fourth-order valence-electron chi connectivity index (χ4n) is 3.22. The number of hydrogen-bond donors (Lipinski definition) is 1. The fraction of sp³-hybridized carbons (Fsp3) is 0.263. The number of thiazole rings is 1.